The number of ketones is 1. The van der Waals surface area contributed by atoms with Gasteiger partial charge in [-0.1, -0.05) is 45.7 Å². The Kier molecular flexibility index (Phi) is 14.6. The number of hydrogen-bond donors (Lipinski definition) is 2. The third-order valence-electron chi connectivity index (χ3n) is 8.60. The van der Waals surface area contributed by atoms with Crippen LogP contribution in [0.5, 0.6) is 0 Å². The van der Waals surface area contributed by atoms with E-state index in [-0.39, 0.29) is 42.9 Å². The van der Waals surface area contributed by atoms with Gasteiger partial charge in [0.15, 0.2) is 5.78 Å². The fraction of sp³-hybridized carbons (Fsp3) is 0.667. The number of nitrogens with zero attached hydrogens (tertiary/aromatic N) is 3. The minimum Gasteiger partial charge on any atom is -0.396 e. The number of benzene rings is 1. The molecule has 1 aliphatic carbocycles. The molecule has 0 bridgehead atoms. The van der Waals surface area contributed by atoms with Crippen LogP contribution in [0.15, 0.2) is 34.5 Å². The van der Waals surface area contributed by atoms with Crippen molar-refractivity contribution in [3.8, 4) is 0 Å². The average molecular weight is 591 g/mol. The molecule has 1 saturated carbocycles. The fourth-order valence-electron chi connectivity index (χ4n) is 5.34. The van der Waals surface area contributed by atoms with E-state index in [4.69, 9.17) is 5.73 Å². The molecule has 1 aromatic carbocycles. The highest BCUT2D eigenvalue weighted by Gasteiger charge is 2.34. The molecule has 2 fully saturated rings. The van der Waals surface area contributed by atoms with Gasteiger partial charge in [0.2, 0.25) is 12.3 Å². The highest BCUT2D eigenvalue weighted by atomic mass is 19.3. The van der Waals surface area contributed by atoms with Crippen molar-refractivity contribution >= 4 is 23.1 Å². The number of aliphatic hydroxyl groups is 1. The van der Waals surface area contributed by atoms with Crippen LogP contribution in [0, 0.1) is 25.7 Å². The van der Waals surface area contributed by atoms with E-state index in [9.17, 15) is 23.5 Å². The highest BCUT2D eigenvalue weighted by Crippen LogP contribution is 2.34. The number of alkyl halides is 2. The van der Waals surface area contributed by atoms with Gasteiger partial charge in [-0.25, -0.2) is 8.78 Å². The summed E-state index contributed by atoms with van der Waals surface area (Å²) in [4.78, 5) is 32.6. The van der Waals surface area contributed by atoms with Crippen LogP contribution in [-0.4, -0.2) is 72.7 Å². The second-order valence-electron chi connectivity index (χ2n) is 11.8. The molecule has 3 N–H and O–H groups in total. The van der Waals surface area contributed by atoms with Gasteiger partial charge >= 0.3 is 0 Å². The normalized spacial score (nSPS) is 20.8. The van der Waals surface area contributed by atoms with E-state index in [1.165, 1.54) is 36.6 Å². The SMILES string of the molecule is CC(=O)/C(N)=C1\CC(C(F)F)CC1=NCC(=O)N1CCN(c2cccc(C)c2C)CC1.CCCC(O)CCC(C)CC. The van der Waals surface area contributed by atoms with Crippen molar-refractivity contribution < 1.29 is 23.5 Å². The monoisotopic (exact) mass is 590 g/mol. The zero-order valence-electron chi connectivity index (χ0n) is 26.5. The van der Waals surface area contributed by atoms with E-state index in [1.54, 1.807) is 4.90 Å². The molecule has 3 atom stereocenters. The van der Waals surface area contributed by atoms with Crippen LogP contribution in [0.4, 0.5) is 14.5 Å². The number of allylic oxidation sites excluding steroid dienone is 2. The number of anilines is 1. The minimum atomic E-state index is -2.52. The zero-order chi connectivity index (χ0) is 31.4. The number of aliphatic hydroxyl groups excluding tert-OH is 1. The van der Waals surface area contributed by atoms with E-state index in [1.807, 2.05) is 6.07 Å². The Labute approximate surface area is 251 Å². The second-order valence-corrected chi connectivity index (χ2v) is 11.8. The van der Waals surface area contributed by atoms with Crippen LogP contribution in [0.1, 0.15) is 83.8 Å². The Hall–Kier alpha value is -2.81. The number of hydrogen-bond acceptors (Lipinski definition) is 6. The molecule has 3 rings (SSSR count). The largest absolute Gasteiger partial charge is 0.396 e. The average Bonchev–Trinajstić information content (AvgIpc) is 3.41. The Morgan fingerprint density at radius 2 is 1.74 bits per heavy atom. The number of carbonyl (C=O) groups excluding carboxylic acids is 2. The van der Waals surface area contributed by atoms with Gasteiger partial charge in [0.25, 0.3) is 0 Å². The van der Waals surface area contributed by atoms with Gasteiger partial charge in [-0.3, -0.25) is 14.6 Å². The summed E-state index contributed by atoms with van der Waals surface area (Å²) < 4.78 is 26.4. The molecule has 1 aromatic rings. The van der Waals surface area contributed by atoms with Gasteiger partial charge in [0.1, 0.15) is 6.54 Å². The summed E-state index contributed by atoms with van der Waals surface area (Å²) in [5, 5.41) is 9.39. The first kappa shape index (κ1) is 35.4. The maximum Gasteiger partial charge on any atom is 0.244 e. The van der Waals surface area contributed by atoms with Crippen molar-refractivity contribution in [1.29, 1.82) is 0 Å². The number of aliphatic imine (C=N–C) groups is 1. The number of rotatable bonds is 11. The summed E-state index contributed by atoms with van der Waals surface area (Å²) in [6.45, 7) is 14.5. The van der Waals surface area contributed by atoms with Crippen molar-refractivity contribution in [3.63, 3.8) is 0 Å². The van der Waals surface area contributed by atoms with Crippen LogP contribution in [0.25, 0.3) is 0 Å². The Bertz CT molecular complexity index is 1100. The first-order chi connectivity index (χ1) is 19.9. The quantitative estimate of drug-likeness (QED) is 0.315. The fourth-order valence-corrected chi connectivity index (χ4v) is 5.34. The minimum absolute atomic E-state index is 0.0185. The molecule has 9 heteroatoms. The number of nitrogens with two attached hydrogens (primary N) is 1. The first-order valence-corrected chi connectivity index (χ1v) is 15.5. The lowest BCUT2D eigenvalue weighted by molar-refractivity contribution is -0.129. The molecule has 3 unspecified atom stereocenters. The maximum absolute atomic E-state index is 13.2. The topological polar surface area (TPSA) is 99.2 Å². The van der Waals surface area contributed by atoms with Crippen LogP contribution >= 0.6 is 0 Å². The predicted octanol–water partition coefficient (Wildman–Crippen LogP) is 5.84. The molecule has 42 heavy (non-hydrogen) atoms. The summed E-state index contributed by atoms with van der Waals surface area (Å²) in [7, 11) is 0. The molecule has 236 valence electrons. The van der Waals surface area contributed by atoms with E-state index in [2.05, 4.69) is 56.6 Å². The second kappa shape index (κ2) is 17.3. The Morgan fingerprint density at radius 1 is 1.07 bits per heavy atom. The van der Waals surface area contributed by atoms with Gasteiger partial charge in [0.05, 0.1) is 11.8 Å². The van der Waals surface area contributed by atoms with Gasteiger partial charge in [-0.15, -0.1) is 0 Å². The molecule has 0 spiro atoms. The summed E-state index contributed by atoms with van der Waals surface area (Å²) in [6.07, 6.45) is 2.96. The zero-order valence-corrected chi connectivity index (χ0v) is 26.5. The van der Waals surface area contributed by atoms with Crippen molar-refractivity contribution in [2.75, 3.05) is 37.6 Å². The van der Waals surface area contributed by atoms with Crippen molar-refractivity contribution in [1.82, 2.24) is 4.90 Å². The van der Waals surface area contributed by atoms with Gasteiger partial charge in [-0.2, -0.15) is 0 Å². The third kappa shape index (κ3) is 10.5. The van der Waals surface area contributed by atoms with Crippen LogP contribution in [0.2, 0.25) is 0 Å². The smallest absolute Gasteiger partial charge is 0.244 e. The molecule has 1 saturated heterocycles. The number of amides is 1. The highest BCUT2D eigenvalue weighted by molar-refractivity contribution is 6.09. The standard InChI is InChI=1S/C23H30F2N4O2.C10H22O/c1-14-5-4-6-20(15(14)2)28-7-9-29(10-8-28)21(31)13-27-19-12-17(23(24)25)11-18(19)22(26)16(3)30;1-4-6-10(11)8-7-9(3)5-2/h4-6,17,23H,7-13,26H2,1-3H3;9-11H,4-8H2,1-3H3/b22-18-,27-19?;. The van der Waals surface area contributed by atoms with Crippen LogP contribution in [-0.2, 0) is 9.59 Å². The van der Waals surface area contributed by atoms with Gasteiger partial charge in [0, 0.05) is 56.0 Å². The number of Topliss-reactive ketones (excluding diaryl/α,β-unsaturated/α-hetero) is 1. The molecule has 7 nitrogen and oxygen atoms in total. The lowest BCUT2D eigenvalue weighted by atomic mass is 9.99. The van der Waals surface area contributed by atoms with E-state index >= 15 is 0 Å². The predicted molar refractivity (Wildman–Crippen MR) is 167 cm³/mol. The van der Waals surface area contributed by atoms with E-state index in [0.717, 1.165) is 38.3 Å². The van der Waals surface area contributed by atoms with E-state index < -0.39 is 12.3 Å². The molecule has 0 radical (unpaired) electrons. The molecule has 1 amide bonds. The molecular weight excluding hydrogens is 538 g/mol. The third-order valence-corrected chi connectivity index (χ3v) is 8.60. The lowest BCUT2D eigenvalue weighted by Crippen LogP contribution is -2.49. The number of piperazine rings is 1. The van der Waals surface area contributed by atoms with E-state index in [0.29, 0.717) is 24.4 Å². The lowest BCUT2D eigenvalue weighted by Gasteiger charge is -2.37. The number of aryl methyl sites for hydroxylation is 1. The van der Waals surface area contributed by atoms with Crippen molar-refractivity contribution in [2.45, 2.75) is 99.0 Å². The first-order valence-electron chi connectivity index (χ1n) is 15.5. The summed E-state index contributed by atoms with van der Waals surface area (Å²) >= 11 is 0. The Balaban J connectivity index is 0.000000476. The Morgan fingerprint density at radius 3 is 2.31 bits per heavy atom. The summed E-state index contributed by atoms with van der Waals surface area (Å²) in [6, 6.07) is 6.22. The summed E-state index contributed by atoms with van der Waals surface area (Å²) in [5.41, 5.74) is 10.2. The molecule has 1 heterocycles. The number of carbonyl (C=O) groups is 2. The van der Waals surface area contributed by atoms with Crippen LogP contribution in [0.3, 0.4) is 0 Å². The molecule has 2 aliphatic rings. The van der Waals surface area contributed by atoms with Crippen molar-refractivity contribution in [2.24, 2.45) is 22.6 Å². The number of halogens is 2. The van der Waals surface area contributed by atoms with Crippen molar-refractivity contribution in [3.05, 3.63) is 40.6 Å². The molecule has 1 aliphatic heterocycles. The van der Waals surface area contributed by atoms with Crippen LogP contribution < -0.4 is 10.6 Å². The maximum atomic E-state index is 13.2. The molecular formula is C33H52F2N4O3. The van der Waals surface area contributed by atoms with Gasteiger partial charge in [-0.05, 0) is 69.1 Å². The summed E-state index contributed by atoms with van der Waals surface area (Å²) in [5.74, 6) is -0.648. The van der Waals surface area contributed by atoms with Gasteiger partial charge < -0.3 is 20.6 Å². The molecule has 0 aromatic heterocycles.